The zero-order chi connectivity index (χ0) is 11.3. The summed E-state index contributed by atoms with van der Waals surface area (Å²) < 4.78 is 10.7. The van der Waals surface area contributed by atoms with Gasteiger partial charge in [-0.3, -0.25) is 4.90 Å². The largest absolute Gasteiger partial charge is 0.383 e. The Bertz CT molecular complexity index is 178. The average Bonchev–Trinajstić information content (AvgIpc) is 2.28. The summed E-state index contributed by atoms with van der Waals surface area (Å²) in [6, 6.07) is 1.41. The highest BCUT2D eigenvalue weighted by atomic mass is 16.5. The molecule has 1 N–H and O–H groups in total. The van der Waals surface area contributed by atoms with Crippen molar-refractivity contribution in [3.8, 4) is 0 Å². The van der Waals surface area contributed by atoms with Crippen molar-refractivity contribution in [2.45, 2.75) is 31.5 Å². The van der Waals surface area contributed by atoms with Crippen LogP contribution in [0.4, 0.5) is 0 Å². The number of nitrogens with zero attached hydrogens (tertiary/aromatic N) is 1. The molecule has 4 heteroatoms. The third-order valence-corrected chi connectivity index (χ3v) is 3.32. The quantitative estimate of drug-likeness (QED) is 0.718. The topological polar surface area (TPSA) is 33.7 Å². The van der Waals surface area contributed by atoms with Crippen LogP contribution in [0.15, 0.2) is 0 Å². The number of hydrogen-bond donors (Lipinski definition) is 1. The molecule has 1 heterocycles. The first kappa shape index (κ1) is 12.9. The maximum Gasteiger partial charge on any atom is 0.0637 e. The van der Waals surface area contributed by atoms with Gasteiger partial charge in [-0.1, -0.05) is 0 Å². The molecule has 4 nitrogen and oxygen atoms in total. The monoisotopic (exact) mass is 216 g/mol. The molecule has 1 fully saturated rings. The van der Waals surface area contributed by atoms with E-state index in [0.717, 1.165) is 26.2 Å². The molecule has 3 atom stereocenters. The Hall–Kier alpha value is -0.160. The van der Waals surface area contributed by atoms with E-state index in [0.29, 0.717) is 18.1 Å². The first-order valence-corrected chi connectivity index (χ1v) is 5.66. The smallest absolute Gasteiger partial charge is 0.0637 e. The van der Waals surface area contributed by atoms with Gasteiger partial charge in [0.05, 0.1) is 13.2 Å². The van der Waals surface area contributed by atoms with Gasteiger partial charge in [-0.05, 0) is 27.4 Å². The third kappa shape index (κ3) is 3.41. The first-order valence-electron chi connectivity index (χ1n) is 5.66. The van der Waals surface area contributed by atoms with Crippen molar-refractivity contribution in [2.75, 3.05) is 41.0 Å². The van der Waals surface area contributed by atoms with Crippen LogP contribution in [0.25, 0.3) is 0 Å². The van der Waals surface area contributed by atoms with E-state index in [9.17, 15) is 0 Å². The Morgan fingerprint density at radius 2 is 2.33 bits per heavy atom. The van der Waals surface area contributed by atoms with Gasteiger partial charge in [0.1, 0.15) is 0 Å². The summed E-state index contributed by atoms with van der Waals surface area (Å²) >= 11 is 0. The fourth-order valence-corrected chi connectivity index (χ4v) is 2.15. The number of hydrogen-bond acceptors (Lipinski definition) is 4. The minimum absolute atomic E-state index is 0.428. The van der Waals surface area contributed by atoms with Crippen molar-refractivity contribution in [1.82, 2.24) is 10.2 Å². The molecule has 0 saturated carbocycles. The number of methoxy groups -OCH3 is 1. The van der Waals surface area contributed by atoms with Crippen LogP contribution in [0.5, 0.6) is 0 Å². The third-order valence-electron chi connectivity index (χ3n) is 3.32. The Morgan fingerprint density at radius 3 is 2.93 bits per heavy atom. The number of nitrogens with one attached hydrogen (secondary N) is 1. The number of ether oxygens (including phenoxy) is 2. The molecule has 1 saturated heterocycles. The van der Waals surface area contributed by atoms with Gasteiger partial charge in [0.2, 0.25) is 0 Å². The second-order valence-corrected chi connectivity index (χ2v) is 4.30. The van der Waals surface area contributed by atoms with Crippen LogP contribution in [-0.2, 0) is 9.47 Å². The van der Waals surface area contributed by atoms with Gasteiger partial charge in [-0.15, -0.1) is 0 Å². The highest BCUT2D eigenvalue weighted by molar-refractivity contribution is 4.87. The van der Waals surface area contributed by atoms with Crippen LogP contribution in [-0.4, -0.2) is 64.1 Å². The molecule has 0 aliphatic carbocycles. The van der Waals surface area contributed by atoms with Crippen molar-refractivity contribution in [3.05, 3.63) is 0 Å². The van der Waals surface area contributed by atoms with E-state index in [4.69, 9.17) is 9.47 Å². The second-order valence-electron chi connectivity index (χ2n) is 4.30. The van der Waals surface area contributed by atoms with E-state index in [-0.39, 0.29) is 0 Å². The lowest BCUT2D eigenvalue weighted by molar-refractivity contribution is -0.0163. The summed E-state index contributed by atoms with van der Waals surface area (Å²) in [5.41, 5.74) is 0. The fraction of sp³-hybridized carbons (Fsp3) is 1.00. The molecule has 90 valence electrons. The van der Waals surface area contributed by atoms with Crippen LogP contribution in [0.3, 0.4) is 0 Å². The molecular weight excluding hydrogens is 192 g/mol. The molecule has 0 aromatic carbocycles. The summed E-state index contributed by atoms with van der Waals surface area (Å²) in [4.78, 5) is 2.35. The molecule has 3 unspecified atom stereocenters. The summed E-state index contributed by atoms with van der Waals surface area (Å²) in [5, 5.41) is 3.37. The van der Waals surface area contributed by atoms with Gasteiger partial charge in [-0.2, -0.15) is 0 Å². The summed E-state index contributed by atoms with van der Waals surface area (Å²) in [5.74, 6) is 0. The molecule has 15 heavy (non-hydrogen) atoms. The molecule has 0 bridgehead atoms. The van der Waals surface area contributed by atoms with Crippen molar-refractivity contribution in [1.29, 1.82) is 0 Å². The van der Waals surface area contributed by atoms with Crippen LogP contribution >= 0.6 is 0 Å². The van der Waals surface area contributed by atoms with E-state index in [1.807, 2.05) is 7.05 Å². The lowest BCUT2D eigenvalue weighted by Crippen LogP contribution is -2.56. The van der Waals surface area contributed by atoms with Crippen molar-refractivity contribution < 1.29 is 9.47 Å². The summed E-state index contributed by atoms with van der Waals surface area (Å²) in [6.07, 6.45) is 1.09. The molecule has 0 aromatic heterocycles. The Labute approximate surface area is 92.9 Å². The maximum absolute atomic E-state index is 5.54. The molecule has 1 aliphatic rings. The standard InChI is InChI=1S/C11H24N2O2/c1-9(7-14-4)13(3)11-8-15-6-5-10(11)12-2/h9-12H,5-8H2,1-4H3. The van der Waals surface area contributed by atoms with E-state index in [2.05, 4.69) is 24.2 Å². The van der Waals surface area contributed by atoms with Gasteiger partial charge in [-0.25, -0.2) is 0 Å². The van der Waals surface area contributed by atoms with Gasteiger partial charge in [0.15, 0.2) is 0 Å². The predicted octanol–water partition coefficient (Wildman–Crippen LogP) is 0.330. The minimum atomic E-state index is 0.428. The van der Waals surface area contributed by atoms with Gasteiger partial charge in [0.25, 0.3) is 0 Å². The van der Waals surface area contributed by atoms with Crippen LogP contribution in [0, 0.1) is 0 Å². The summed E-state index contributed by atoms with van der Waals surface area (Å²) in [7, 11) is 5.92. The molecule has 0 spiro atoms. The molecule has 0 amide bonds. The van der Waals surface area contributed by atoms with E-state index in [1.165, 1.54) is 0 Å². The van der Waals surface area contributed by atoms with Crippen molar-refractivity contribution in [2.24, 2.45) is 0 Å². The van der Waals surface area contributed by atoms with Gasteiger partial charge < -0.3 is 14.8 Å². The summed E-state index contributed by atoms with van der Waals surface area (Å²) in [6.45, 7) is 4.64. The van der Waals surface area contributed by atoms with E-state index >= 15 is 0 Å². The van der Waals surface area contributed by atoms with Crippen LogP contribution in [0.2, 0.25) is 0 Å². The first-order chi connectivity index (χ1) is 7.20. The zero-order valence-corrected chi connectivity index (χ0v) is 10.3. The maximum atomic E-state index is 5.54. The van der Waals surface area contributed by atoms with E-state index in [1.54, 1.807) is 7.11 Å². The average molecular weight is 216 g/mol. The van der Waals surface area contributed by atoms with Crippen molar-refractivity contribution in [3.63, 3.8) is 0 Å². The normalized spacial score (nSPS) is 29.4. The lowest BCUT2D eigenvalue weighted by atomic mass is 10.0. The van der Waals surface area contributed by atoms with Crippen molar-refractivity contribution >= 4 is 0 Å². The fourth-order valence-electron chi connectivity index (χ4n) is 2.15. The molecular formula is C11H24N2O2. The molecule has 1 rings (SSSR count). The number of rotatable bonds is 5. The lowest BCUT2D eigenvalue weighted by Gasteiger charge is -2.40. The molecule has 0 radical (unpaired) electrons. The molecule has 0 aromatic rings. The highest BCUT2D eigenvalue weighted by Gasteiger charge is 2.29. The minimum Gasteiger partial charge on any atom is -0.383 e. The number of likely N-dealkylation sites (N-methyl/N-ethyl adjacent to an activating group) is 2. The Kier molecular flexibility index (Phi) is 5.53. The predicted molar refractivity (Wildman–Crippen MR) is 61.2 cm³/mol. The highest BCUT2D eigenvalue weighted by Crippen LogP contribution is 2.15. The van der Waals surface area contributed by atoms with Crippen LogP contribution in [0.1, 0.15) is 13.3 Å². The van der Waals surface area contributed by atoms with E-state index < -0.39 is 0 Å². The second kappa shape index (κ2) is 6.43. The Morgan fingerprint density at radius 1 is 1.60 bits per heavy atom. The van der Waals surface area contributed by atoms with Gasteiger partial charge in [0, 0.05) is 31.8 Å². The Balaban J connectivity index is 2.50. The molecule has 1 aliphatic heterocycles. The van der Waals surface area contributed by atoms with Gasteiger partial charge >= 0.3 is 0 Å². The van der Waals surface area contributed by atoms with Crippen LogP contribution < -0.4 is 5.32 Å². The SMILES string of the molecule is CNC1CCOCC1N(C)C(C)COC. The zero-order valence-electron chi connectivity index (χ0n) is 10.3.